The van der Waals surface area contributed by atoms with Crippen LogP contribution in [0, 0.1) is 5.82 Å². The number of ether oxygens (including phenoxy) is 2. The van der Waals surface area contributed by atoms with Crippen LogP contribution in [-0.2, 0) is 20.9 Å². The molecule has 144 valence electrons. The normalized spacial score (nSPS) is 16.6. The Bertz CT molecular complexity index is 764. The average molecular weight is 375 g/mol. The SMILES string of the molecule is O=C(OCc1ccccc1)C(O)C(O)c1ccc(N2CCOCC2)c(F)c1. The van der Waals surface area contributed by atoms with Crippen LogP contribution in [0.25, 0.3) is 0 Å². The fourth-order valence-electron chi connectivity index (χ4n) is 2.89. The van der Waals surface area contributed by atoms with E-state index in [2.05, 4.69) is 0 Å². The molecule has 0 amide bonds. The van der Waals surface area contributed by atoms with Gasteiger partial charge in [0.15, 0.2) is 6.10 Å². The third kappa shape index (κ3) is 4.82. The van der Waals surface area contributed by atoms with Gasteiger partial charge in [0.25, 0.3) is 0 Å². The molecule has 1 fully saturated rings. The Morgan fingerprint density at radius 3 is 2.52 bits per heavy atom. The zero-order chi connectivity index (χ0) is 19.2. The van der Waals surface area contributed by atoms with Crippen LogP contribution in [0.1, 0.15) is 17.2 Å². The maximum atomic E-state index is 14.4. The second-order valence-corrected chi connectivity index (χ2v) is 6.29. The predicted octanol–water partition coefficient (Wildman–Crippen LogP) is 1.80. The van der Waals surface area contributed by atoms with Gasteiger partial charge in [-0.15, -0.1) is 0 Å². The lowest BCUT2D eigenvalue weighted by atomic mass is 10.0. The van der Waals surface area contributed by atoms with Crippen LogP contribution in [0.3, 0.4) is 0 Å². The quantitative estimate of drug-likeness (QED) is 0.750. The molecule has 27 heavy (non-hydrogen) atoms. The lowest BCUT2D eigenvalue weighted by molar-refractivity contribution is -0.161. The molecule has 2 unspecified atom stereocenters. The molecule has 0 radical (unpaired) electrons. The van der Waals surface area contributed by atoms with Crippen molar-refractivity contribution in [3.8, 4) is 0 Å². The van der Waals surface area contributed by atoms with Gasteiger partial charge in [-0.2, -0.15) is 0 Å². The van der Waals surface area contributed by atoms with Crippen LogP contribution < -0.4 is 4.90 Å². The van der Waals surface area contributed by atoms with Gasteiger partial charge in [-0.1, -0.05) is 36.4 Å². The topological polar surface area (TPSA) is 79.2 Å². The zero-order valence-corrected chi connectivity index (χ0v) is 14.8. The molecular weight excluding hydrogens is 353 g/mol. The van der Waals surface area contributed by atoms with Crippen LogP contribution in [0.4, 0.5) is 10.1 Å². The third-order valence-corrected chi connectivity index (χ3v) is 4.43. The highest BCUT2D eigenvalue weighted by molar-refractivity contribution is 5.75. The monoisotopic (exact) mass is 375 g/mol. The molecule has 0 bridgehead atoms. The minimum Gasteiger partial charge on any atom is -0.459 e. The van der Waals surface area contributed by atoms with Gasteiger partial charge in [-0.05, 0) is 23.3 Å². The number of nitrogens with zero attached hydrogens (tertiary/aromatic N) is 1. The van der Waals surface area contributed by atoms with Gasteiger partial charge < -0.3 is 24.6 Å². The molecule has 2 atom stereocenters. The van der Waals surface area contributed by atoms with Gasteiger partial charge in [-0.25, -0.2) is 9.18 Å². The van der Waals surface area contributed by atoms with E-state index in [4.69, 9.17) is 9.47 Å². The summed E-state index contributed by atoms with van der Waals surface area (Å²) in [5, 5.41) is 20.3. The zero-order valence-electron chi connectivity index (χ0n) is 14.8. The van der Waals surface area contributed by atoms with Gasteiger partial charge >= 0.3 is 5.97 Å². The molecule has 0 aromatic heterocycles. The van der Waals surface area contributed by atoms with Gasteiger partial charge in [-0.3, -0.25) is 0 Å². The van der Waals surface area contributed by atoms with E-state index in [1.54, 1.807) is 24.3 Å². The second-order valence-electron chi connectivity index (χ2n) is 6.29. The predicted molar refractivity (Wildman–Crippen MR) is 96.6 cm³/mol. The van der Waals surface area contributed by atoms with Gasteiger partial charge in [0.1, 0.15) is 18.5 Å². The lowest BCUT2D eigenvalue weighted by Crippen LogP contribution is -2.36. The molecule has 0 saturated carbocycles. The largest absolute Gasteiger partial charge is 0.459 e. The summed E-state index contributed by atoms with van der Waals surface area (Å²) in [6.45, 7) is 2.18. The Labute approximate surface area is 156 Å². The number of aliphatic hydroxyl groups is 2. The number of carbonyl (C=O) groups excluding carboxylic acids is 1. The van der Waals surface area contributed by atoms with E-state index >= 15 is 0 Å². The maximum absolute atomic E-state index is 14.4. The summed E-state index contributed by atoms with van der Waals surface area (Å²) in [5.74, 6) is -1.50. The number of halogens is 1. The minimum absolute atomic E-state index is 0.0201. The molecule has 2 aromatic rings. The number of carbonyl (C=O) groups is 1. The van der Waals surface area contributed by atoms with E-state index < -0.39 is 24.0 Å². The fourth-order valence-corrected chi connectivity index (χ4v) is 2.89. The van der Waals surface area contributed by atoms with Crippen molar-refractivity contribution in [1.82, 2.24) is 0 Å². The van der Waals surface area contributed by atoms with E-state index in [1.165, 1.54) is 12.1 Å². The number of hydrogen-bond donors (Lipinski definition) is 2. The molecule has 1 saturated heterocycles. The molecule has 7 heteroatoms. The van der Waals surface area contributed by atoms with Crippen LogP contribution in [0.5, 0.6) is 0 Å². The fraction of sp³-hybridized carbons (Fsp3) is 0.350. The van der Waals surface area contributed by atoms with Crippen LogP contribution in [-0.4, -0.2) is 48.6 Å². The first-order valence-corrected chi connectivity index (χ1v) is 8.75. The first-order valence-electron chi connectivity index (χ1n) is 8.75. The number of benzene rings is 2. The summed E-state index contributed by atoms with van der Waals surface area (Å²) in [6, 6.07) is 13.1. The van der Waals surface area contributed by atoms with E-state index in [0.717, 1.165) is 11.6 Å². The van der Waals surface area contributed by atoms with Crippen molar-refractivity contribution in [3.63, 3.8) is 0 Å². The standard InChI is InChI=1S/C20H22FNO5/c21-16-12-15(6-7-17(16)22-8-10-26-11-9-22)18(23)19(24)20(25)27-13-14-4-2-1-3-5-14/h1-7,12,18-19,23-24H,8-11,13H2. The van der Waals surface area contributed by atoms with Gasteiger partial charge in [0.2, 0.25) is 0 Å². The third-order valence-electron chi connectivity index (χ3n) is 4.43. The Morgan fingerprint density at radius 2 is 1.85 bits per heavy atom. The summed E-state index contributed by atoms with van der Waals surface area (Å²) in [7, 11) is 0. The van der Waals surface area contributed by atoms with Crippen molar-refractivity contribution < 1.29 is 28.9 Å². The highest BCUT2D eigenvalue weighted by atomic mass is 19.1. The highest BCUT2D eigenvalue weighted by Crippen LogP contribution is 2.26. The number of anilines is 1. The summed E-state index contributed by atoms with van der Waals surface area (Å²) < 4.78 is 24.7. The number of morpholine rings is 1. The van der Waals surface area contributed by atoms with Crippen molar-refractivity contribution in [2.75, 3.05) is 31.2 Å². The van der Waals surface area contributed by atoms with Gasteiger partial charge in [0.05, 0.1) is 18.9 Å². The molecule has 1 aliphatic heterocycles. The Kier molecular flexibility index (Phi) is 6.39. The van der Waals surface area contributed by atoms with Crippen molar-refractivity contribution in [1.29, 1.82) is 0 Å². The minimum atomic E-state index is -1.80. The first-order chi connectivity index (χ1) is 13.1. The number of rotatable bonds is 6. The molecule has 0 aliphatic carbocycles. The van der Waals surface area contributed by atoms with Crippen LogP contribution in [0.2, 0.25) is 0 Å². The van der Waals surface area contributed by atoms with Crippen molar-refractivity contribution in [2.24, 2.45) is 0 Å². The lowest BCUT2D eigenvalue weighted by Gasteiger charge is -2.29. The number of hydrogen-bond acceptors (Lipinski definition) is 6. The van der Waals surface area contributed by atoms with Crippen LogP contribution in [0.15, 0.2) is 48.5 Å². The summed E-state index contributed by atoms with van der Waals surface area (Å²) in [5.41, 5.74) is 1.26. The van der Waals surface area contributed by atoms with Crippen molar-refractivity contribution >= 4 is 11.7 Å². The average Bonchev–Trinajstić information content (AvgIpc) is 2.72. The Hall–Kier alpha value is -2.48. The van der Waals surface area contributed by atoms with Crippen LogP contribution >= 0.6 is 0 Å². The molecule has 1 aliphatic rings. The summed E-state index contributed by atoms with van der Waals surface area (Å²) in [6.07, 6.45) is -3.39. The van der Waals surface area contributed by atoms with E-state index in [1.807, 2.05) is 11.0 Å². The Morgan fingerprint density at radius 1 is 1.15 bits per heavy atom. The molecule has 2 aromatic carbocycles. The van der Waals surface area contributed by atoms with E-state index in [-0.39, 0.29) is 12.2 Å². The van der Waals surface area contributed by atoms with Crippen molar-refractivity contribution in [3.05, 3.63) is 65.5 Å². The maximum Gasteiger partial charge on any atom is 0.338 e. The molecular formula is C20H22FNO5. The van der Waals surface area contributed by atoms with Crippen molar-refractivity contribution in [2.45, 2.75) is 18.8 Å². The van der Waals surface area contributed by atoms with E-state index in [9.17, 15) is 19.4 Å². The number of aliphatic hydroxyl groups excluding tert-OH is 2. The second kappa shape index (κ2) is 8.94. The first kappa shape index (κ1) is 19.3. The summed E-state index contributed by atoms with van der Waals surface area (Å²) in [4.78, 5) is 13.8. The molecule has 2 N–H and O–H groups in total. The Balaban J connectivity index is 1.62. The molecule has 3 rings (SSSR count). The van der Waals surface area contributed by atoms with Gasteiger partial charge in [0, 0.05) is 13.1 Å². The highest BCUT2D eigenvalue weighted by Gasteiger charge is 2.28. The summed E-state index contributed by atoms with van der Waals surface area (Å²) >= 11 is 0. The number of esters is 1. The molecule has 6 nitrogen and oxygen atoms in total. The molecule has 1 heterocycles. The van der Waals surface area contributed by atoms with E-state index in [0.29, 0.717) is 32.0 Å². The molecule has 0 spiro atoms. The smallest absolute Gasteiger partial charge is 0.338 e.